The lowest BCUT2D eigenvalue weighted by Crippen LogP contribution is -2.53. The van der Waals surface area contributed by atoms with Crippen LogP contribution in [-0.2, 0) is 21.1 Å². The van der Waals surface area contributed by atoms with Crippen LogP contribution in [0.2, 0.25) is 0 Å². The Morgan fingerprint density at radius 3 is 2.54 bits per heavy atom. The number of fused-ring (bicyclic) bond motifs is 1. The minimum atomic E-state index is -1.09. The van der Waals surface area contributed by atoms with Gasteiger partial charge in [0.25, 0.3) is 0 Å². The molecule has 8 heteroatoms. The van der Waals surface area contributed by atoms with Crippen molar-refractivity contribution < 1.29 is 29.6 Å². The first-order chi connectivity index (χ1) is 13.5. The summed E-state index contributed by atoms with van der Waals surface area (Å²) in [5.74, 6) is -1.21. The van der Waals surface area contributed by atoms with Gasteiger partial charge in [-0.1, -0.05) is 30.3 Å². The second kappa shape index (κ2) is 8.66. The number of likely N-dealkylation sites (N-methyl/N-ethyl adjacent to an activating group) is 1. The highest BCUT2D eigenvalue weighted by atomic mass is 17.2. The minimum absolute atomic E-state index is 0.0955. The number of hydrogen-bond donors (Lipinski definition) is 3. The van der Waals surface area contributed by atoms with Gasteiger partial charge >= 0.3 is 5.97 Å². The maximum Gasteiger partial charge on any atom is 0.351 e. The zero-order chi connectivity index (χ0) is 20.1. The fourth-order valence-corrected chi connectivity index (χ4v) is 3.25. The molecule has 0 radical (unpaired) electrons. The summed E-state index contributed by atoms with van der Waals surface area (Å²) in [6.07, 6.45) is 0.505. The van der Waals surface area contributed by atoms with Crippen LogP contribution in [0.25, 0.3) is 0 Å². The van der Waals surface area contributed by atoms with E-state index in [0.29, 0.717) is 29.9 Å². The molecular formula is C20H24N2O6. The van der Waals surface area contributed by atoms with Gasteiger partial charge in [-0.2, -0.15) is 4.89 Å². The Hall–Kier alpha value is -2.52. The van der Waals surface area contributed by atoms with E-state index in [9.17, 15) is 19.8 Å². The number of nitrogens with one attached hydrogen (secondary N) is 1. The second-order valence-corrected chi connectivity index (χ2v) is 6.84. The summed E-state index contributed by atoms with van der Waals surface area (Å²) in [4.78, 5) is 35.0. The molecule has 8 nitrogen and oxygen atoms in total. The molecule has 3 N–H and O–H groups in total. The van der Waals surface area contributed by atoms with E-state index in [1.165, 1.54) is 0 Å². The third-order valence-corrected chi connectivity index (χ3v) is 5.18. The Labute approximate surface area is 162 Å². The number of aliphatic hydroxyl groups excluding tert-OH is 2. The van der Waals surface area contributed by atoms with Gasteiger partial charge in [0.2, 0.25) is 5.78 Å². The maximum atomic E-state index is 12.7. The molecule has 1 aromatic heterocycles. The van der Waals surface area contributed by atoms with E-state index >= 15 is 0 Å². The molecule has 0 saturated heterocycles. The van der Waals surface area contributed by atoms with E-state index < -0.39 is 17.4 Å². The Morgan fingerprint density at radius 1 is 1.18 bits per heavy atom. The molecule has 1 aliphatic rings. The summed E-state index contributed by atoms with van der Waals surface area (Å²) in [6, 6.07) is 12.5. The first kappa shape index (κ1) is 20.2. The molecule has 0 fully saturated rings. The van der Waals surface area contributed by atoms with Crippen molar-refractivity contribution in [1.82, 2.24) is 9.88 Å². The molecule has 0 bridgehead atoms. The van der Waals surface area contributed by atoms with Gasteiger partial charge in [0.05, 0.1) is 24.4 Å². The lowest BCUT2D eigenvalue weighted by molar-refractivity contribution is -0.285. The van der Waals surface area contributed by atoms with Crippen molar-refractivity contribution in [2.45, 2.75) is 24.4 Å². The van der Waals surface area contributed by atoms with Crippen LogP contribution in [0.15, 0.2) is 42.5 Å². The standard InChI is InChI=1S/C20H24N2O6/c1-21-20(11-23,12-24)13-27-28-19(26)15-9-10-22-16(15)7-8-17(22)18(25)14-5-3-2-4-6-14/h2-8,15,21,23-24H,9-13H2,1H3. The van der Waals surface area contributed by atoms with Crippen molar-refractivity contribution in [2.24, 2.45) is 0 Å². The van der Waals surface area contributed by atoms with Crippen LogP contribution in [-0.4, -0.2) is 58.9 Å². The van der Waals surface area contributed by atoms with Crippen molar-refractivity contribution in [1.29, 1.82) is 0 Å². The number of carbonyl (C=O) groups excluding carboxylic acids is 2. The summed E-state index contributed by atoms with van der Waals surface area (Å²) in [6.45, 7) is -0.430. The van der Waals surface area contributed by atoms with Crippen LogP contribution >= 0.6 is 0 Å². The number of benzene rings is 1. The second-order valence-electron chi connectivity index (χ2n) is 6.84. The molecule has 0 saturated carbocycles. The predicted molar refractivity (Wildman–Crippen MR) is 99.7 cm³/mol. The Balaban J connectivity index is 1.66. The Bertz CT molecular complexity index is 820. The van der Waals surface area contributed by atoms with Crippen molar-refractivity contribution in [2.75, 3.05) is 26.9 Å². The van der Waals surface area contributed by atoms with Gasteiger partial charge in [-0.25, -0.2) is 4.79 Å². The Morgan fingerprint density at radius 2 is 1.89 bits per heavy atom. The first-order valence-electron chi connectivity index (χ1n) is 9.08. The van der Waals surface area contributed by atoms with Crippen LogP contribution in [0, 0.1) is 0 Å². The molecular weight excluding hydrogens is 364 g/mol. The average Bonchev–Trinajstić information content (AvgIpc) is 3.34. The zero-order valence-corrected chi connectivity index (χ0v) is 15.6. The normalized spacial score (nSPS) is 16.0. The first-order valence-corrected chi connectivity index (χ1v) is 9.08. The molecule has 3 rings (SSSR count). The molecule has 150 valence electrons. The fourth-order valence-electron chi connectivity index (χ4n) is 3.25. The lowest BCUT2D eigenvalue weighted by Gasteiger charge is -2.27. The van der Waals surface area contributed by atoms with Crippen LogP contribution in [0.3, 0.4) is 0 Å². The molecule has 0 spiro atoms. The average molecular weight is 388 g/mol. The largest absolute Gasteiger partial charge is 0.394 e. The number of aromatic nitrogens is 1. The van der Waals surface area contributed by atoms with Gasteiger partial charge in [0, 0.05) is 17.8 Å². The van der Waals surface area contributed by atoms with E-state index in [2.05, 4.69) is 5.32 Å². The summed E-state index contributed by atoms with van der Waals surface area (Å²) in [5.41, 5.74) is 0.740. The van der Waals surface area contributed by atoms with Gasteiger partial charge < -0.3 is 20.1 Å². The summed E-state index contributed by atoms with van der Waals surface area (Å²) in [7, 11) is 1.56. The van der Waals surface area contributed by atoms with E-state index in [-0.39, 0.29) is 25.6 Å². The Kier molecular flexibility index (Phi) is 6.25. The van der Waals surface area contributed by atoms with Gasteiger partial charge in [0.15, 0.2) is 0 Å². The minimum Gasteiger partial charge on any atom is -0.394 e. The zero-order valence-electron chi connectivity index (χ0n) is 15.6. The summed E-state index contributed by atoms with van der Waals surface area (Å²) >= 11 is 0. The number of aliphatic hydroxyl groups is 2. The van der Waals surface area contributed by atoms with Gasteiger partial charge in [0.1, 0.15) is 12.5 Å². The molecule has 1 aliphatic heterocycles. The molecule has 2 heterocycles. The van der Waals surface area contributed by atoms with E-state index in [0.717, 1.165) is 0 Å². The molecule has 2 aromatic rings. The highest BCUT2D eigenvalue weighted by molar-refractivity contribution is 6.08. The number of hydrogen-bond acceptors (Lipinski definition) is 7. The predicted octanol–water partition coefficient (Wildman–Crippen LogP) is 0.624. The maximum absolute atomic E-state index is 12.7. The highest BCUT2D eigenvalue weighted by Gasteiger charge is 2.35. The van der Waals surface area contributed by atoms with Gasteiger partial charge in [-0.05, 0) is 25.6 Å². The molecule has 1 atom stereocenters. The molecule has 1 unspecified atom stereocenters. The van der Waals surface area contributed by atoms with Crippen molar-refractivity contribution in [3.8, 4) is 0 Å². The van der Waals surface area contributed by atoms with Crippen molar-refractivity contribution in [3.05, 3.63) is 59.4 Å². The topological polar surface area (TPSA) is 110 Å². The van der Waals surface area contributed by atoms with Crippen LogP contribution < -0.4 is 5.32 Å². The fraction of sp³-hybridized carbons (Fsp3) is 0.400. The molecule has 0 amide bonds. The van der Waals surface area contributed by atoms with E-state index in [1.54, 1.807) is 31.3 Å². The van der Waals surface area contributed by atoms with E-state index in [4.69, 9.17) is 9.78 Å². The third-order valence-electron chi connectivity index (χ3n) is 5.18. The van der Waals surface area contributed by atoms with E-state index in [1.807, 2.05) is 22.8 Å². The van der Waals surface area contributed by atoms with Crippen LogP contribution in [0.5, 0.6) is 0 Å². The number of nitrogens with zero attached hydrogens (tertiary/aromatic N) is 1. The summed E-state index contributed by atoms with van der Waals surface area (Å²) in [5, 5.41) is 21.5. The molecule has 0 aliphatic carbocycles. The number of carbonyl (C=O) groups is 2. The highest BCUT2D eigenvalue weighted by Crippen LogP contribution is 2.32. The van der Waals surface area contributed by atoms with Crippen molar-refractivity contribution >= 4 is 11.8 Å². The monoisotopic (exact) mass is 388 g/mol. The van der Waals surface area contributed by atoms with Gasteiger partial charge in [-0.15, -0.1) is 0 Å². The number of rotatable bonds is 9. The smallest absolute Gasteiger partial charge is 0.351 e. The SMILES string of the molecule is CNC(CO)(CO)COOC(=O)C1CCn2c(C(=O)c3ccccc3)ccc21. The van der Waals surface area contributed by atoms with Crippen LogP contribution in [0.1, 0.15) is 34.1 Å². The lowest BCUT2D eigenvalue weighted by atomic mass is 10.0. The van der Waals surface area contributed by atoms with Crippen molar-refractivity contribution in [3.63, 3.8) is 0 Å². The molecule has 28 heavy (non-hydrogen) atoms. The van der Waals surface area contributed by atoms with Crippen LogP contribution in [0.4, 0.5) is 0 Å². The quantitative estimate of drug-likeness (QED) is 0.328. The summed E-state index contributed by atoms with van der Waals surface area (Å²) < 4.78 is 1.83. The third kappa shape index (κ3) is 3.85. The molecule has 1 aromatic carbocycles. The van der Waals surface area contributed by atoms with Gasteiger partial charge in [-0.3, -0.25) is 9.68 Å². The number of ketones is 1.